The van der Waals surface area contributed by atoms with Gasteiger partial charge in [-0.05, 0) is 11.6 Å². The Hall–Kier alpha value is -3.94. The average molecular weight is 417 g/mol. The molecule has 0 bridgehead atoms. The number of benzene rings is 2. The van der Waals surface area contributed by atoms with Gasteiger partial charge in [0.15, 0.2) is 0 Å². The lowest BCUT2D eigenvalue weighted by molar-refractivity contribution is -0.133. The van der Waals surface area contributed by atoms with Crippen molar-refractivity contribution in [1.82, 2.24) is 20.4 Å². The number of aryl methyl sites for hydroxylation is 1. The maximum Gasteiger partial charge on any atom is 0.271 e. The third kappa shape index (κ3) is 4.48. The van der Waals surface area contributed by atoms with Crippen LogP contribution in [0.4, 0.5) is 0 Å². The van der Waals surface area contributed by atoms with E-state index in [1.807, 2.05) is 66.2 Å². The number of hydrogen-bond donors (Lipinski definition) is 2. The van der Waals surface area contributed by atoms with Crippen LogP contribution in [0.15, 0.2) is 65.9 Å². The second kappa shape index (κ2) is 8.83. The molecule has 1 aliphatic heterocycles. The smallest absolute Gasteiger partial charge is 0.271 e. The molecule has 0 aliphatic carbocycles. The average Bonchev–Trinajstić information content (AvgIpc) is 3.42. The summed E-state index contributed by atoms with van der Waals surface area (Å²) in [5.41, 5.74) is 8.05. The first-order chi connectivity index (χ1) is 15.0. The highest BCUT2D eigenvalue weighted by molar-refractivity contribution is 6.07. The maximum absolute atomic E-state index is 12.5. The summed E-state index contributed by atoms with van der Waals surface area (Å²) in [4.78, 5) is 37.0. The van der Waals surface area contributed by atoms with E-state index in [-0.39, 0.29) is 18.7 Å². The molecule has 4 rings (SSSR count). The first-order valence-electron chi connectivity index (χ1n) is 10.1. The number of fused-ring (bicyclic) bond motifs is 1. The molecule has 0 saturated carbocycles. The number of hydrogen-bond acceptors (Lipinski definition) is 4. The Balaban J connectivity index is 1.27. The van der Waals surface area contributed by atoms with Gasteiger partial charge < -0.3 is 4.57 Å². The van der Waals surface area contributed by atoms with Crippen LogP contribution < -0.4 is 10.9 Å². The zero-order valence-corrected chi connectivity index (χ0v) is 17.2. The van der Waals surface area contributed by atoms with Crippen molar-refractivity contribution < 1.29 is 14.4 Å². The number of hydrazine groups is 1. The first kappa shape index (κ1) is 20.3. The van der Waals surface area contributed by atoms with Crippen LogP contribution in [-0.4, -0.2) is 39.6 Å². The summed E-state index contributed by atoms with van der Waals surface area (Å²) < 4.78 is 1.85. The standard InChI is InChI=1S/C23H23N5O3/c1-27-15-18(17-9-5-6-10-20(17)27)23(31)25-24-21(29)11-12-22(30)28-14-13-19(26-28)16-7-3-2-4-8-16/h2-10,15H,11-14H2,1H3,(H,24,29)(H,25,31). The zero-order chi connectivity index (χ0) is 21.8. The van der Waals surface area contributed by atoms with Crippen LogP contribution >= 0.6 is 0 Å². The molecule has 158 valence electrons. The summed E-state index contributed by atoms with van der Waals surface area (Å²) in [5.74, 6) is -1.07. The molecule has 3 aromatic rings. The minimum absolute atomic E-state index is 0.0154. The van der Waals surface area contributed by atoms with Gasteiger partial charge in [0, 0.05) is 43.4 Å². The molecule has 8 nitrogen and oxygen atoms in total. The number of hydrazone groups is 1. The van der Waals surface area contributed by atoms with E-state index in [0.717, 1.165) is 22.2 Å². The Morgan fingerprint density at radius 2 is 1.71 bits per heavy atom. The van der Waals surface area contributed by atoms with Crippen molar-refractivity contribution in [2.75, 3.05) is 6.54 Å². The fraction of sp³-hybridized carbons (Fsp3) is 0.217. The Morgan fingerprint density at radius 3 is 2.52 bits per heavy atom. The lowest BCUT2D eigenvalue weighted by Gasteiger charge is -2.11. The van der Waals surface area contributed by atoms with E-state index >= 15 is 0 Å². The van der Waals surface area contributed by atoms with Gasteiger partial charge in [0.25, 0.3) is 5.91 Å². The largest absolute Gasteiger partial charge is 0.350 e. The highest BCUT2D eigenvalue weighted by Crippen LogP contribution is 2.20. The van der Waals surface area contributed by atoms with Crippen LogP contribution in [0, 0.1) is 0 Å². The van der Waals surface area contributed by atoms with Gasteiger partial charge in [-0.15, -0.1) is 0 Å². The first-order valence-corrected chi connectivity index (χ1v) is 10.1. The Kier molecular flexibility index (Phi) is 5.79. The van der Waals surface area contributed by atoms with Gasteiger partial charge in [-0.1, -0.05) is 48.5 Å². The van der Waals surface area contributed by atoms with E-state index in [0.29, 0.717) is 18.5 Å². The molecule has 2 aromatic carbocycles. The Bertz CT molecular complexity index is 1170. The summed E-state index contributed by atoms with van der Waals surface area (Å²) in [6.07, 6.45) is 2.37. The number of carbonyl (C=O) groups is 3. The summed E-state index contributed by atoms with van der Waals surface area (Å²) in [7, 11) is 1.85. The van der Waals surface area contributed by atoms with Crippen molar-refractivity contribution in [2.24, 2.45) is 12.1 Å². The molecule has 1 aromatic heterocycles. The highest BCUT2D eigenvalue weighted by Gasteiger charge is 2.22. The van der Waals surface area contributed by atoms with Crippen LogP contribution in [0.25, 0.3) is 10.9 Å². The second-order valence-electron chi connectivity index (χ2n) is 7.35. The number of rotatable bonds is 5. The summed E-state index contributed by atoms with van der Waals surface area (Å²) in [5, 5.41) is 6.58. The third-order valence-corrected chi connectivity index (χ3v) is 5.22. The molecule has 8 heteroatoms. The van der Waals surface area contributed by atoms with Crippen LogP contribution in [0.3, 0.4) is 0 Å². The van der Waals surface area contributed by atoms with E-state index in [4.69, 9.17) is 0 Å². The van der Waals surface area contributed by atoms with E-state index in [9.17, 15) is 14.4 Å². The minimum atomic E-state index is -0.437. The van der Waals surface area contributed by atoms with Gasteiger partial charge in [0.05, 0.1) is 17.8 Å². The number of aromatic nitrogens is 1. The lowest BCUT2D eigenvalue weighted by atomic mass is 10.1. The lowest BCUT2D eigenvalue weighted by Crippen LogP contribution is -2.42. The molecule has 0 radical (unpaired) electrons. The molecular formula is C23H23N5O3. The van der Waals surface area contributed by atoms with Gasteiger partial charge in [0.2, 0.25) is 11.8 Å². The Morgan fingerprint density at radius 1 is 0.968 bits per heavy atom. The third-order valence-electron chi connectivity index (χ3n) is 5.22. The van der Waals surface area contributed by atoms with Crippen molar-refractivity contribution in [3.8, 4) is 0 Å². The fourth-order valence-electron chi connectivity index (χ4n) is 3.60. The van der Waals surface area contributed by atoms with E-state index in [1.54, 1.807) is 6.20 Å². The predicted octanol–water partition coefficient (Wildman–Crippen LogP) is 2.36. The van der Waals surface area contributed by atoms with Gasteiger partial charge in [-0.2, -0.15) is 5.10 Å². The van der Waals surface area contributed by atoms with Crippen LogP contribution in [0.1, 0.15) is 35.2 Å². The highest BCUT2D eigenvalue weighted by atomic mass is 16.2. The maximum atomic E-state index is 12.5. The normalized spacial score (nSPS) is 13.2. The molecule has 1 aliphatic rings. The minimum Gasteiger partial charge on any atom is -0.350 e. The summed E-state index contributed by atoms with van der Waals surface area (Å²) in [6.45, 7) is 0.502. The molecule has 3 amide bonds. The molecule has 0 unspecified atom stereocenters. The predicted molar refractivity (Wildman–Crippen MR) is 117 cm³/mol. The number of nitrogens with zero attached hydrogens (tertiary/aromatic N) is 3. The van der Waals surface area contributed by atoms with Gasteiger partial charge >= 0.3 is 0 Å². The molecule has 0 fully saturated rings. The SMILES string of the molecule is Cn1cc(C(=O)NNC(=O)CCC(=O)N2CCC(c3ccccc3)=N2)c2ccccc21. The van der Waals surface area contributed by atoms with E-state index in [1.165, 1.54) is 5.01 Å². The number of carbonyl (C=O) groups excluding carboxylic acids is 3. The van der Waals surface area contributed by atoms with E-state index < -0.39 is 11.8 Å². The molecule has 0 spiro atoms. The fourth-order valence-corrected chi connectivity index (χ4v) is 3.60. The van der Waals surface area contributed by atoms with Crippen molar-refractivity contribution in [1.29, 1.82) is 0 Å². The number of nitrogens with one attached hydrogen (secondary N) is 2. The molecular weight excluding hydrogens is 394 g/mol. The van der Waals surface area contributed by atoms with Crippen molar-refractivity contribution in [3.05, 3.63) is 71.9 Å². The number of para-hydroxylation sites is 1. The van der Waals surface area contributed by atoms with Crippen molar-refractivity contribution in [3.63, 3.8) is 0 Å². The van der Waals surface area contributed by atoms with E-state index in [2.05, 4.69) is 16.0 Å². The second-order valence-corrected chi connectivity index (χ2v) is 7.35. The van der Waals surface area contributed by atoms with Gasteiger partial charge in [-0.3, -0.25) is 25.2 Å². The molecule has 2 N–H and O–H groups in total. The molecule has 0 atom stereocenters. The van der Waals surface area contributed by atoms with Crippen LogP contribution in [0.2, 0.25) is 0 Å². The topological polar surface area (TPSA) is 95.8 Å². The summed E-state index contributed by atoms with van der Waals surface area (Å²) in [6, 6.07) is 17.2. The van der Waals surface area contributed by atoms with Crippen LogP contribution in [0.5, 0.6) is 0 Å². The van der Waals surface area contributed by atoms with Crippen molar-refractivity contribution in [2.45, 2.75) is 19.3 Å². The summed E-state index contributed by atoms with van der Waals surface area (Å²) >= 11 is 0. The Labute approximate surface area is 179 Å². The molecule has 31 heavy (non-hydrogen) atoms. The monoisotopic (exact) mass is 417 g/mol. The van der Waals surface area contributed by atoms with Crippen LogP contribution in [-0.2, 0) is 16.6 Å². The van der Waals surface area contributed by atoms with Crippen molar-refractivity contribution >= 4 is 34.3 Å². The van der Waals surface area contributed by atoms with Gasteiger partial charge in [-0.25, -0.2) is 5.01 Å². The molecule has 2 heterocycles. The quantitative estimate of drug-likeness (QED) is 0.624. The number of amides is 3. The zero-order valence-electron chi connectivity index (χ0n) is 17.2. The van der Waals surface area contributed by atoms with Gasteiger partial charge in [0.1, 0.15) is 0 Å². The molecule has 0 saturated heterocycles.